The van der Waals surface area contributed by atoms with Gasteiger partial charge in [-0.1, -0.05) is 31.0 Å². The molecule has 0 saturated heterocycles. The summed E-state index contributed by atoms with van der Waals surface area (Å²) in [4.78, 5) is 0. The second-order valence-corrected chi connectivity index (χ2v) is 5.56. The van der Waals surface area contributed by atoms with Crippen LogP contribution in [0.3, 0.4) is 0 Å². The third-order valence-corrected chi connectivity index (χ3v) is 4.34. The number of aryl methyl sites for hydroxylation is 1. The van der Waals surface area contributed by atoms with Crippen molar-refractivity contribution in [1.29, 1.82) is 5.26 Å². The van der Waals surface area contributed by atoms with Gasteiger partial charge in [-0.25, -0.2) is 0 Å². The van der Waals surface area contributed by atoms with E-state index in [1.165, 1.54) is 23.7 Å². The fraction of sp³-hybridized carbons (Fsp3) is 0.500. The van der Waals surface area contributed by atoms with Crippen LogP contribution in [0.2, 0.25) is 0 Å². The highest BCUT2D eigenvalue weighted by Gasteiger charge is 2.35. The maximum absolute atomic E-state index is 9.53. The van der Waals surface area contributed by atoms with Crippen molar-refractivity contribution in [3.63, 3.8) is 0 Å². The molecule has 98 valence electrons. The van der Waals surface area contributed by atoms with Crippen LogP contribution in [0.25, 0.3) is 10.9 Å². The molecule has 3 rings (SSSR count). The number of aromatic nitrogens is 2. The van der Waals surface area contributed by atoms with Gasteiger partial charge in [0.15, 0.2) is 0 Å². The zero-order valence-corrected chi connectivity index (χ0v) is 11.4. The van der Waals surface area contributed by atoms with E-state index in [0.717, 1.165) is 31.5 Å². The largest absolute Gasteiger partial charge is 0.265 e. The molecule has 0 bridgehead atoms. The van der Waals surface area contributed by atoms with Gasteiger partial charge in [0.25, 0.3) is 0 Å². The van der Waals surface area contributed by atoms with Gasteiger partial charge in [-0.15, -0.1) is 0 Å². The first-order chi connectivity index (χ1) is 9.28. The first kappa shape index (κ1) is 12.2. The average molecular weight is 253 g/mol. The molecule has 0 aliphatic heterocycles. The van der Waals surface area contributed by atoms with Crippen molar-refractivity contribution in [3.8, 4) is 6.07 Å². The van der Waals surface area contributed by atoms with E-state index in [1.54, 1.807) is 0 Å². The third kappa shape index (κ3) is 2.02. The molecule has 1 heterocycles. The molecular formula is C16H19N3. The van der Waals surface area contributed by atoms with E-state index in [4.69, 9.17) is 5.10 Å². The highest BCUT2D eigenvalue weighted by Crippen LogP contribution is 2.41. The number of hydrogen-bond donors (Lipinski definition) is 0. The van der Waals surface area contributed by atoms with Crippen molar-refractivity contribution in [2.24, 2.45) is 5.41 Å². The van der Waals surface area contributed by atoms with Crippen molar-refractivity contribution in [3.05, 3.63) is 30.0 Å². The smallest absolute Gasteiger partial charge is 0.0719 e. The van der Waals surface area contributed by atoms with Gasteiger partial charge in [-0.3, -0.25) is 4.68 Å². The van der Waals surface area contributed by atoms with Crippen LogP contribution in [0, 0.1) is 16.7 Å². The van der Waals surface area contributed by atoms with Crippen molar-refractivity contribution >= 4 is 10.9 Å². The summed E-state index contributed by atoms with van der Waals surface area (Å²) in [5.74, 6) is 0. The normalized spacial score (nSPS) is 17.7. The second kappa shape index (κ2) is 4.70. The maximum Gasteiger partial charge on any atom is 0.0719 e. The van der Waals surface area contributed by atoms with E-state index in [2.05, 4.69) is 37.3 Å². The van der Waals surface area contributed by atoms with Crippen LogP contribution in [-0.2, 0) is 13.0 Å². The van der Waals surface area contributed by atoms with Crippen LogP contribution in [0.4, 0.5) is 0 Å². The minimum atomic E-state index is -0.171. The van der Waals surface area contributed by atoms with E-state index in [9.17, 15) is 5.26 Å². The quantitative estimate of drug-likeness (QED) is 0.837. The van der Waals surface area contributed by atoms with Crippen molar-refractivity contribution in [1.82, 2.24) is 9.78 Å². The summed E-state index contributed by atoms with van der Waals surface area (Å²) in [6, 6.07) is 10.9. The summed E-state index contributed by atoms with van der Waals surface area (Å²) >= 11 is 0. The molecule has 0 atom stereocenters. The minimum Gasteiger partial charge on any atom is -0.265 e. The SMILES string of the molecule is CCn1nc(CC2(C#N)CCCC2)c2ccccc21. The standard InChI is InChI=1S/C16H19N3/c1-2-19-15-8-4-3-7-13(15)14(18-19)11-16(12-17)9-5-6-10-16/h3-4,7-8H,2,5-6,9-11H2,1H3. The molecule has 19 heavy (non-hydrogen) atoms. The van der Waals surface area contributed by atoms with Gasteiger partial charge in [0, 0.05) is 18.4 Å². The van der Waals surface area contributed by atoms with E-state index >= 15 is 0 Å². The summed E-state index contributed by atoms with van der Waals surface area (Å²) in [6.07, 6.45) is 5.21. The molecule has 2 aromatic rings. The van der Waals surface area contributed by atoms with Crippen LogP contribution in [0.15, 0.2) is 24.3 Å². The Labute approximate surface area is 113 Å². The first-order valence-electron chi connectivity index (χ1n) is 7.14. The number of hydrogen-bond acceptors (Lipinski definition) is 2. The van der Waals surface area contributed by atoms with Gasteiger partial charge in [-0.2, -0.15) is 10.4 Å². The molecule has 0 unspecified atom stereocenters. The van der Waals surface area contributed by atoms with Crippen molar-refractivity contribution in [2.75, 3.05) is 0 Å². The number of rotatable bonds is 3. The summed E-state index contributed by atoms with van der Waals surface area (Å²) in [5.41, 5.74) is 2.11. The Kier molecular flexibility index (Phi) is 3.02. The van der Waals surface area contributed by atoms with Gasteiger partial charge < -0.3 is 0 Å². The van der Waals surface area contributed by atoms with Crippen molar-refractivity contribution in [2.45, 2.75) is 45.6 Å². The van der Waals surface area contributed by atoms with E-state index in [1.807, 2.05) is 4.68 Å². The molecule has 0 N–H and O–H groups in total. The lowest BCUT2D eigenvalue weighted by atomic mass is 9.82. The van der Waals surface area contributed by atoms with E-state index in [0.29, 0.717) is 0 Å². The zero-order chi connectivity index (χ0) is 13.3. The molecule has 0 amide bonds. The number of benzene rings is 1. The molecule has 3 heteroatoms. The summed E-state index contributed by atoms with van der Waals surface area (Å²) in [7, 11) is 0. The average Bonchev–Trinajstić information content (AvgIpc) is 3.05. The maximum atomic E-state index is 9.53. The predicted octanol–water partition coefficient (Wildman–Crippen LogP) is 3.68. The van der Waals surface area contributed by atoms with Gasteiger partial charge >= 0.3 is 0 Å². The number of nitrogens with zero attached hydrogens (tertiary/aromatic N) is 3. The molecule has 1 aromatic carbocycles. The summed E-state index contributed by atoms with van der Waals surface area (Å²) in [5, 5.41) is 15.5. The molecule has 1 aromatic heterocycles. The number of para-hydroxylation sites is 1. The van der Waals surface area contributed by atoms with Gasteiger partial charge in [0.2, 0.25) is 0 Å². The van der Waals surface area contributed by atoms with Crippen LogP contribution in [0.5, 0.6) is 0 Å². The fourth-order valence-electron chi connectivity index (χ4n) is 3.27. The predicted molar refractivity (Wildman–Crippen MR) is 75.6 cm³/mol. The Hall–Kier alpha value is -1.82. The third-order valence-electron chi connectivity index (χ3n) is 4.34. The highest BCUT2D eigenvalue weighted by atomic mass is 15.3. The molecule has 0 radical (unpaired) electrons. The summed E-state index contributed by atoms with van der Waals surface area (Å²) < 4.78 is 2.05. The van der Waals surface area contributed by atoms with Crippen molar-refractivity contribution < 1.29 is 0 Å². The lowest BCUT2D eigenvalue weighted by Gasteiger charge is -2.18. The molecule has 1 saturated carbocycles. The van der Waals surface area contributed by atoms with Crippen LogP contribution in [-0.4, -0.2) is 9.78 Å². The minimum absolute atomic E-state index is 0.171. The van der Waals surface area contributed by atoms with Crippen LogP contribution in [0.1, 0.15) is 38.3 Å². The Morgan fingerprint density at radius 1 is 1.32 bits per heavy atom. The lowest BCUT2D eigenvalue weighted by Crippen LogP contribution is -2.17. The van der Waals surface area contributed by atoms with Gasteiger partial charge in [-0.05, 0) is 25.8 Å². The van der Waals surface area contributed by atoms with E-state index in [-0.39, 0.29) is 5.41 Å². The monoisotopic (exact) mass is 253 g/mol. The van der Waals surface area contributed by atoms with Crippen LogP contribution >= 0.6 is 0 Å². The Bertz CT molecular complexity index is 627. The molecule has 3 nitrogen and oxygen atoms in total. The molecular weight excluding hydrogens is 234 g/mol. The zero-order valence-electron chi connectivity index (χ0n) is 11.4. The molecule has 1 aliphatic rings. The lowest BCUT2D eigenvalue weighted by molar-refractivity contribution is 0.402. The number of fused-ring (bicyclic) bond motifs is 1. The van der Waals surface area contributed by atoms with E-state index < -0.39 is 0 Å². The molecule has 0 spiro atoms. The molecule has 1 fully saturated rings. The fourth-order valence-corrected chi connectivity index (χ4v) is 3.27. The number of nitriles is 1. The Morgan fingerprint density at radius 3 is 2.74 bits per heavy atom. The second-order valence-electron chi connectivity index (χ2n) is 5.56. The van der Waals surface area contributed by atoms with Crippen LogP contribution < -0.4 is 0 Å². The Morgan fingerprint density at radius 2 is 2.05 bits per heavy atom. The summed E-state index contributed by atoms with van der Waals surface area (Å²) in [6.45, 7) is 2.99. The highest BCUT2D eigenvalue weighted by molar-refractivity contribution is 5.82. The first-order valence-corrected chi connectivity index (χ1v) is 7.14. The van der Waals surface area contributed by atoms with Gasteiger partial charge in [0.1, 0.15) is 0 Å². The Balaban J connectivity index is 2.04. The van der Waals surface area contributed by atoms with Gasteiger partial charge in [0.05, 0.1) is 22.7 Å². The topological polar surface area (TPSA) is 41.6 Å². The molecule has 1 aliphatic carbocycles.